The number of aromatic nitrogens is 1. The van der Waals surface area contributed by atoms with Gasteiger partial charge in [-0.25, -0.2) is 4.79 Å². The predicted molar refractivity (Wildman–Crippen MR) is 93.6 cm³/mol. The van der Waals surface area contributed by atoms with Crippen LogP contribution in [0, 0.1) is 6.92 Å². The topological polar surface area (TPSA) is 82.0 Å². The van der Waals surface area contributed by atoms with Crippen LogP contribution in [0.25, 0.3) is 0 Å². The van der Waals surface area contributed by atoms with Crippen LogP contribution in [0.1, 0.15) is 23.9 Å². The van der Waals surface area contributed by atoms with E-state index in [1.165, 1.54) is 7.11 Å². The Morgan fingerprint density at radius 2 is 2.12 bits per heavy atom. The number of amides is 1. The number of nitrogens with one attached hydrogen (secondary N) is 1. The highest BCUT2D eigenvalue weighted by atomic mass is 35.5. The number of carbonyl (C=O) groups excluding carboxylic acids is 1. The normalized spacial score (nSPS) is 11.0. The third-order valence-electron chi connectivity index (χ3n) is 3.14. The summed E-state index contributed by atoms with van der Waals surface area (Å²) in [5.41, 5.74) is 5.15. The summed E-state index contributed by atoms with van der Waals surface area (Å²) in [6.45, 7) is 3.96. The van der Waals surface area contributed by atoms with Crippen molar-refractivity contribution in [2.75, 3.05) is 7.11 Å². The Morgan fingerprint density at radius 1 is 1.32 bits per heavy atom. The molecule has 0 atom stereocenters. The van der Waals surface area contributed by atoms with Crippen molar-refractivity contribution in [3.8, 4) is 5.75 Å². The van der Waals surface area contributed by atoms with Crippen molar-refractivity contribution < 1.29 is 19.2 Å². The molecule has 0 saturated heterocycles. The number of ether oxygens (including phenoxy) is 1. The number of methoxy groups -OCH3 is 1. The molecule has 132 valence electrons. The summed E-state index contributed by atoms with van der Waals surface area (Å²) in [7, 11) is 1.23. The van der Waals surface area contributed by atoms with E-state index in [0.29, 0.717) is 10.7 Å². The fourth-order valence-corrected chi connectivity index (χ4v) is 2.03. The second kappa shape index (κ2) is 8.89. The van der Waals surface area contributed by atoms with E-state index in [2.05, 4.69) is 20.4 Å². The quantitative estimate of drug-likeness (QED) is 0.626. The molecule has 1 heterocycles. The number of benzene rings is 1. The van der Waals surface area contributed by atoms with Gasteiger partial charge >= 0.3 is 6.09 Å². The fourth-order valence-electron chi connectivity index (χ4n) is 1.87. The molecule has 2 rings (SSSR count). The van der Waals surface area contributed by atoms with Gasteiger partial charge in [-0.1, -0.05) is 28.9 Å². The first-order valence-electron chi connectivity index (χ1n) is 7.39. The van der Waals surface area contributed by atoms with E-state index in [0.717, 1.165) is 17.0 Å². The third-order valence-corrected chi connectivity index (χ3v) is 3.45. The molecule has 1 N–H and O–H groups in total. The number of oxime groups is 1. The molecule has 0 fully saturated rings. The van der Waals surface area contributed by atoms with Crippen LogP contribution in [0.3, 0.4) is 0 Å². The molecular formula is C17H18ClN3O4. The van der Waals surface area contributed by atoms with Crippen LogP contribution in [-0.4, -0.2) is 23.9 Å². The average Bonchev–Trinajstić information content (AvgIpc) is 2.60. The lowest BCUT2D eigenvalue weighted by Gasteiger charge is -2.09. The third kappa shape index (κ3) is 5.65. The van der Waals surface area contributed by atoms with Crippen molar-refractivity contribution in [1.82, 2.24) is 10.5 Å². The van der Waals surface area contributed by atoms with E-state index in [4.69, 9.17) is 21.3 Å². The summed E-state index contributed by atoms with van der Waals surface area (Å²) in [5.74, 6) is 0.263. The minimum atomic E-state index is -0.735. The van der Waals surface area contributed by atoms with Gasteiger partial charge in [0.1, 0.15) is 0 Å². The van der Waals surface area contributed by atoms with Gasteiger partial charge in [-0.15, -0.1) is 0 Å². The Labute approximate surface area is 150 Å². The lowest BCUT2D eigenvalue weighted by Crippen LogP contribution is -2.26. The number of hydrogen-bond donors (Lipinski definition) is 1. The van der Waals surface area contributed by atoms with E-state index >= 15 is 0 Å². The molecule has 1 amide bonds. The van der Waals surface area contributed by atoms with Crippen LogP contribution in [0.15, 0.2) is 41.6 Å². The largest absolute Gasteiger partial charge is 0.451 e. The molecule has 8 heteroatoms. The van der Waals surface area contributed by atoms with Crippen LogP contribution in [-0.2, 0) is 16.2 Å². The number of nitrogens with zero attached hydrogens (tertiary/aromatic N) is 2. The molecule has 1 aromatic heterocycles. The molecule has 0 aliphatic rings. The maximum absolute atomic E-state index is 11.1. The molecule has 0 radical (unpaired) electrons. The van der Waals surface area contributed by atoms with Crippen LogP contribution < -0.4 is 10.3 Å². The molecule has 0 bridgehead atoms. The van der Waals surface area contributed by atoms with Gasteiger partial charge < -0.3 is 14.4 Å². The Kier molecular flexibility index (Phi) is 6.59. The molecule has 0 aliphatic carbocycles. The van der Waals surface area contributed by atoms with E-state index in [-0.39, 0.29) is 12.4 Å². The van der Waals surface area contributed by atoms with Gasteiger partial charge in [-0.05, 0) is 38.1 Å². The van der Waals surface area contributed by atoms with Crippen molar-refractivity contribution >= 4 is 23.4 Å². The van der Waals surface area contributed by atoms with E-state index in [1.807, 2.05) is 25.1 Å². The molecule has 1 aromatic carbocycles. The number of hydrogen-bond acceptors (Lipinski definition) is 6. The minimum absolute atomic E-state index is 0.263. The molecule has 0 spiro atoms. The van der Waals surface area contributed by atoms with Crippen LogP contribution in [0.4, 0.5) is 4.79 Å². The standard InChI is InChI=1S/C17H18ClN3O4/c1-11-5-4-6-14(19-11)10-24-20-12(2)13-7-8-15(18)16(9-13)25-21-17(22)23-3/h4-9H,10H2,1-3H3,(H,21,22)/b20-12-. The van der Waals surface area contributed by atoms with Crippen molar-refractivity contribution in [2.45, 2.75) is 20.5 Å². The first-order valence-corrected chi connectivity index (χ1v) is 7.77. The summed E-state index contributed by atoms with van der Waals surface area (Å²) in [6.07, 6.45) is -0.735. The molecule has 0 unspecified atom stereocenters. The predicted octanol–water partition coefficient (Wildman–Crippen LogP) is 3.63. The minimum Gasteiger partial charge on any atom is -0.451 e. The number of carbonyl (C=O) groups is 1. The van der Waals surface area contributed by atoms with Crippen LogP contribution >= 0.6 is 11.6 Å². The van der Waals surface area contributed by atoms with Crippen molar-refractivity contribution in [2.24, 2.45) is 5.16 Å². The zero-order valence-corrected chi connectivity index (χ0v) is 14.8. The summed E-state index contributed by atoms with van der Waals surface area (Å²) in [5, 5.41) is 4.40. The summed E-state index contributed by atoms with van der Waals surface area (Å²) in [6, 6.07) is 10.7. The van der Waals surface area contributed by atoms with Gasteiger partial charge in [0.2, 0.25) is 0 Å². The number of pyridine rings is 1. The summed E-state index contributed by atoms with van der Waals surface area (Å²) < 4.78 is 4.43. The molecule has 0 saturated carbocycles. The van der Waals surface area contributed by atoms with Gasteiger partial charge in [-0.2, -0.15) is 5.48 Å². The Hall–Kier alpha value is -2.80. The van der Waals surface area contributed by atoms with Crippen molar-refractivity contribution in [3.63, 3.8) is 0 Å². The smallest absolute Gasteiger partial charge is 0.440 e. The second-order valence-corrected chi connectivity index (χ2v) is 5.47. The maximum Gasteiger partial charge on any atom is 0.440 e. The Bertz CT molecular complexity index is 780. The molecular weight excluding hydrogens is 346 g/mol. The first-order chi connectivity index (χ1) is 12.0. The Morgan fingerprint density at radius 3 is 2.84 bits per heavy atom. The van der Waals surface area contributed by atoms with Crippen molar-refractivity contribution in [1.29, 1.82) is 0 Å². The van der Waals surface area contributed by atoms with Crippen molar-refractivity contribution in [3.05, 3.63) is 58.4 Å². The van der Waals surface area contributed by atoms with Crippen LogP contribution in [0.2, 0.25) is 5.02 Å². The lowest BCUT2D eigenvalue weighted by atomic mass is 10.1. The molecule has 25 heavy (non-hydrogen) atoms. The average molecular weight is 364 g/mol. The zero-order valence-electron chi connectivity index (χ0n) is 14.1. The molecule has 7 nitrogen and oxygen atoms in total. The SMILES string of the molecule is COC(=O)NOc1cc(/C(C)=N\OCc2cccc(C)n2)ccc1Cl. The highest BCUT2D eigenvalue weighted by Crippen LogP contribution is 2.25. The van der Waals surface area contributed by atoms with Gasteiger partial charge in [0.25, 0.3) is 0 Å². The first kappa shape index (κ1) is 18.5. The van der Waals surface area contributed by atoms with E-state index in [9.17, 15) is 4.79 Å². The summed E-state index contributed by atoms with van der Waals surface area (Å²) in [4.78, 5) is 25.8. The zero-order chi connectivity index (χ0) is 18.2. The highest BCUT2D eigenvalue weighted by molar-refractivity contribution is 6.32. The number of hydroxylamine groups is 1. The van der Waals surface area contributed by atoms with E-state index < -0.39 is 6.09 Å². The monoisotopic (exact) mass is 363 g/mol. The fraction of sp³-hybridized carbons (Fsp3) is 0.235. The second-order valence-electron chi connectivity index (χ2n) is 5.06. The number of rotatable bonds is 6. The number of aryl methyl sites for hydroxylation is 1. The van der Waals surface area contributed by atoms with E-state index in [1.54, 1.807) is 25.1 Å². The lowest BCUT2D eigenvalue weighted by molar-refractivity contribution is 0.118. The van der Waals surface area contributed by atoms with Gasteiger partial charge in [0.05, 0.1) is 23.5 Å². The van der Waals surface area contributed by atoms with Gasteiger partial charge in [0, 0.05) is 11.3 Å². The van der Waals surface area contributed by atoms with Crippen LogP contribution in [0.5, 0.6) is 5.75 Å². The van der Waals surface area contributed by atoms with Gasteiger partial charge in [0.15, 0.2) is 12.4 Å². The molecule has 2 aromatic rings. The number of halogens is 1. The summed E-state index contributed by atoms with van der Waals surface area (Å²) >= 11 is 6.03. The van der Waals surface area contributed by atoms with Gasteiger partial charge in [-0.3, -0.25) is 4.98 Å². The molecule has 0 aliphatic heterocycles. The Balaban J connectivity index is 2.02. The highest BCUT2D eigenvalue weighted by Gasteiger charge is 2.08. The maximum atomic E-state index is 11.1.